The van der Waals surface area contributed by atoms with Crippen molar-refractivity contribution in [2.45, 2.75) is 220 Å². The molecule has 10 atom stereocenters. The highest BCUT2D eigenvalue weighted by Crippen LogP contribution is 2.71. The molecular weight excluding hydrogens is 1170 g/mol. The second-order valence-corrected chi connectivity index (χ2v) is 29.5. The van der Waals surface area contributed by atoms with Gasteiger partial charge in [0.25, 0.3) is 0 Å². The number of carboxylic acid groups (broad SMARTS) is 2. The summed E-state index contributed by atoms with van der Waals surface area (Å²) in [7, 11) is 0. The van der Waals surface area contributed by atoms with Crippen LogP contribution in [-0.2, 0) is 41.5 Å². The summed E-state index contributed by atoms with van der Waals surface area (Å²) in [5.74, 6) is -4.55. The molecule has 2 aromatic carbocycles. The van der Waals surface area contributed by atoms with Crippen LogP contribution in [0.3, 0.4) is 0 Å². The third-order valence-corrected chi connectivity index (χ3v) is 21.0. The summed E-state index contributed by atoms with van der Waals surface area (Å²) in [6.45, 7) is 30.7. The Morgan fingerprint density at radius 1 is 0.500 bits per heavy atom. The summed E-state index contributed by atoms with van der Waals surface area (Å²) in [5, 5.41) is 42.8. The van der Waals surface area contributed by atoms with Crippen LogP contribution in [0.4, 0.5) is 0 Å². The molecule has 2 aromatic rings. The SMILES string of the molecule is CC(C)=CCC[C@@]1(C)C=Cc2c(O)c3c(c(CC=C(C)C)c2O1)O[C@]12C(=CC4CC1C(C)(C)O[C@]2(C/C=C(\C)C(=O)O)C4=O)C3=O.CC(C)=CCC[C@]1(C)C=Cc2c(O)c3c(c(CC=C(C)C)c2O1)O[C@]12C(=CC4CC1C(C)(C)O[C@]2(C/C=C(\C)C(=O)O)C4=O)C3=O. The van der Waals surface area contributed by atoms with E-state index in [0.717, 1.165) is 24.0 Å². The Hall–Kier alpha value is -7.82. The van der Waals surface area contributed by atoms with Crippen LogP contribution >= 0.6 is 0 Å². The van der Waals surface area contributed by atoms with Crippen LogP contribution in [0, 0.1) is 23.7 Å². The van der Waals surface area contributed by atoms with Gasteiger partial charge in [-0.25, -0.2) is 9.59 Å². The maximum absolute atomic E-state index is 14.7. The van der Waals surface area contributed by atoms with Crippen molar-refractivity contribution in [3.63, 3.8) is 0 Å². The summed E-state index contributed by atoms with van der Waals surface area (Å²) in [5.41, 5.74) is -1.90. The van der Waals surface area contributed by atoms with Gasteiger partial charge in [-0.3, -0.25) is 19.2 Å². The maximum atomic E-state index is 14.7. The summed E-state index contributed by atoms with van der Waals surface area (Å²) in [6.07, 6.45) is 26.8. The number of Topliss-reactive ketones (excluding diaryl/α,β-unsaturated/α-hetero) is 4. The fourth-order valence-corrected chi connectivity index (χ4v) is 16.3. The molecule has 12 aliphatic rings. The lowest BCUT2D eigenvalue weighted by atomic mass is 9.51. The van der Waals surface area contributed by atoms with Crippen molar-refractivity contribution < 1.29 is 77.6 Å². The third-order valence-electron chi connectivity index (χ3n) is 21.0. The molecule has 2 spiro atoms. The van der Waals surface area contributed by atoms with Crippen molar-refractivity contribution in [1.82, 2.24) is 0 Å². The summed E-state index contributed by atoms with van der Waals surface area (Å²) in [4.78, 5) is 81.6. The molecular formula is C76H88O16. The maximum Gasteiger partial charge on any atom is 0.330 e. The number of ether oxygens (including phenoxy) is 6. The number of benzene rings is 2. The fourth-order valence-electron chi connectivity index (χ4n) is 16.3. The molecule has 16 heteroatoms. The first-order chi connectivity index (χ1) is 43.0. The molecule has 4 N–H and O–H groups in total. The molecule has 488 valence electrons. The lowest BCUT2D eigenvalue weighted by Crippen LogP contribution is -2.72. The molecule has 8 bridgehead atoms. The zero-order valence-corrected chi connectivity index (χ0v) is 56.0. The van der Waals surface area contributed by atoms with Gasteiger partial charge in [-0.15, -0.1) is 0 Å². The topological polar surface area (TPSA) is 239 Å². The van der Waals surface area contributed by atoms with Crippen molar-refractivity contribution in [3.05, 3.63) is 139 Å². The predicted octanol–water partition coefficient (Wildman–Crippen LogP) is 14.5. The van der Waals surface area contributed by atoms with Crippen molar-refractivity contribution in [3.8, 4) is 34.5 Å². The summed E-state index contributed by atoms with van der Waals surface area (Å²) < 4.78 is 41.2. The number of hydrogen-bond acceptors (Lipinski definition) is 14. The van der Waals surface area contributed by atoms with Crippen molar-refractivity contribution in [2.75, 3.05) is 0 Å². The lowest BCUT2D eigenvalue weighted by Gasteiger charge is -2.56. The standard InChI is InChI=1S/2C38H44O8/c2*1-20(2)10-9-15-36(8)16-14-24-29(39)28-30(40)26-18-23-19-27-35(6,7)46-37(33(23)41,17-13-22(5)34(42)43)38(26,27)45-32(28)25(31(24)44-36)12-11-21(3)4/h2*10-11,13-14,16,18,23,27,39H,9,12,15,17,19H2,1-8H3,(H,42,43)/b2*22-13+/t23?,27?,36-,37+,38+;23?,27?,36-,37-,38-/m01/s1. The van der Waals surface area contributed by atoms with Gasteiger partial charge < -0.3 is 48.8 Å². The van der Waals surface area contributed by atoms with Gasteiger partial charge in [0.2, 0.25) is 0 Å². The number of carboxylic acids is 2. The average Bonchev–Trinajstić information content (AvgIpc) is 1.41. The van der Waals surface area contributed by atoms with Gasteiger partial charge in [-0.05, 0) is 186 Å². The molecule has 6 heterocycles. The number of aromatic hydroxyl groups is 2. The minimum absolute atomic E-state index is 0.0544. The van der Waals surface area contributed by atoms with Crippen LogP contribution in [0.5, 0.6) is 34.5 Å². The Morgan fingerprint density at radius 2 is 0.848 bits per heavy atom. The van der Waals surface area contributed by atoms with Gasteiger partial charge >= 0.3 is 11.9 Å². The van der Waals surface area contributed by atoms with E-state index in [9.17, 15) is 49.2 Å². The van der Waals surface area contributed by atoms with E-state index in [1.807, 2.05) is 106 Å². The zero-order chi connectivity index (χ0) is 67.1. The molecule has 92 heavy (non-hydrogen) atoms. The van der Waals surface area contributed by atoms with Crippen LogP contribution in [0.2, 0.25) is 0 Å². The van der Waals surface area contributed by atoms with Crippen molar-refractivity contribution >= 4 is 47.2 Å². The van der Waals surface area contributed by atoms with Gasteiger partial charge in [0.15, 0.2) is 45.5 Å². The summed E-state index contributed by atoms with van der Waals surface area (Å²) >= 11 is 0. The van der Waals surface area contributed by atoms with E-state index in [4.69, 9.17) is 28.4 Å². The van der Waals surface area contributed by atoms with E-state index in [1.165, 1.54) is 37.1 Å². The Morgan fingerprint density at radius 3 is 1.17 bits per heavy atom. The highest BCUT2D eigenvalue weighted by molar-refractivity contribution is 6.20. The number of allylic oxidation sites excluding steroid dienone is 10. The van der Waals surface area contributed by atoms with E-state index >= 15 is 0 Å². The quantitative estimate of drug-likeness (QED) is 0.0903. The molecule has 0 amide bonds. The number of ketones is 4. The van der Waals surface area contributed by atoms with Gasteiger partial charge in [0.1, 0.15) is 56.8 Å². The molecule has 16 nitrogen and oxygen atoms in total. The average molecular weight is 1260 g/mol. The van der Waals surface area contributed by atoms with E-state index in [0.29, 0.717) is 83.4 Å². The molecule has 4 unspecified atom stereocenters. The van der Waals surface area contributed by atoms with E-state index in [-0.39, 0.29) is 81.5 Å². The highest BCUT2D eigenvalue weighted by Gasteiger charge is 2.83. The molecule has 14 rings (SSSR count). The minimum atomic E-state index is -1.63. The van der Waals surface area contributed by atoms with Crippen LogP contribution < -0.4 is 18.9 Å². The van der Waals surface area contributed by atoms with Crippen molar-refractivity contribution in [1.29, 1.82) is 0 Å². The number of aliphatic carboxylic acids is 2. The second-order valence-electron chi connectivity index (χ2n) is 29.5. The zero-order valence-electron chi connectivity index (χ0n) is 56.0. The minimum Gasteiger partial charge on any atom is -0.506 e. The normalized spacial score (nSPS) is 31.2. The second kappa shape index (κ2) is 22.5. The van der Waals surface area contributed by atoms with E-state index in [2.05, 4.69) is 39.8 Å². The predicted molar refractivity (Wildman–Crippen MR) is 349 cm³/mol. The molecule has 6 aliphatic heterocycles. The van der Waals surface area contributed by atoms with Crippen LogP contribution in [-0.4, -0.2) is 100 Å². The monoisotopic (exact) mass is 1260 g/mol. The first-order valence-electron chi connectivity index (χ1n) is 32.3. The molecule has 6 aliphatic carbocycles. The Bertz CT molecular complexity index is 3710. The van der Waals surface area contributed by atoms with Gasteiger partial charge in [-0.1, -0.05) is 70.9 Å². The molecule has 0 aromatic heterocycles. The van der Waals surface area contributed by atoms with Gasteiger partial charge in [-0.2, -0.15) is 0 Å². The van der Waals surface area contributed by atoms with Crippen molar-refractivity contribution in [2.24, 2.45) is 23.7 Å². The number of carbonyl (C=O) groups excluding carboxylic acids is 4. The van der Waals surface area contributed by atoms with Gasteiger partial charge in [0.05, 0.1) is 22.3 Å². The third kappa shape index (κ3) is 9.88. The molecule has 4 fully saturated rings. The number of hydrogen-bond donors (Lipinski definition) is 4. The highest BCUT2D eigenvalue weighted by atomic mass is 16.6. The Labute approximate surface area is 539 Å². The van der Waals surface area contributed by atoms with Gasteiger partial charge in [0, 0.05) is 69.9 Å². The summed E-state index contributed by atoms with van der Waals surface area (Å²) in [6, 6.07) is 0. The lowest BCUT2D eigenvalue weighted by molar-refractivity contribution is -0.172. The van der Waals surface area contributed by atoms with Crippen LogP contribution in [0.25, 0.3) is 12.2 Å². The Kier molecular flexibility index (Phi) is 16.0. The molecule has 2 saturated heterocycles. The number of rotatable bonds is 16. The molecule has 0 radical (unpaired) electrons. The Balaban J connectivity index is 0.000000188. The van der Waals surface area contributed by atoms with E-state index < -0.39 is 80.1 Å². The number of phenols is 2. The largest absolute Gasteiger partial charge is 0.506 e. The number of phenolic OH excluding ortho intramolecular Hbond substituents is 2. The first kappa shape index (κ1) is 65.7. The van der Waals surface area contributed by atoms with E-state index in [1.54, 1.807) is 12.2 Å². The fraction of sp³-hybridized carbons (Fsp3) is 0.500. The van der Waals surface area contributed by atoms with Crippen LogP contribution in [0.15, 0.2) is 105 Å². The first-order valence-corrected chi connectivity index (χ1v) is 32.3. The number of carbonyl (C=O) groups is 6. The number of fused-ring (bicyclic) bond motifs is 4. The smallest absolute Gasteiger partial charge is 0.330 e. The molecule has 2 saturated carbocycles. The van der Waals surface area contributed by atoms with Crippen LogP contribution in [0.1, 0.15) is 205 Å².